The predicted octanol–water partition coefficient (Wildman–Crippen LogP) is 3.82. The molecule has 0 bridgehead atoms. The molecule has 0 saturated carbocycles. The van der Waals surface area contributed by atoms with Gasteiger partial charge in [0.15, 0.2) is 0 Å². The number of hydrogen-bond acceptors (Lipinski definition) is 2. The minimum Gasteiger partial charge on any atom is -0.392 e. The Morgan fingerprint density at radius 3 is 2.65 bits per heavy atom. The van der Waals surface area contributed by atoms with Crippen LogP contribution in [0, 0.1) is 5.92 Å². The SMILES string of the molecule is CC1CCCN(c2ccc(CO)cc2C(F)(F)F)CC1. The summed E-state index contributed by atoms with van der Waals surface area (Å²) in [6.07, 6.45) is -1.50. The van der Waals surface area contributed by atoms with Crippen LogP contribution in [0.25, 0.3) is 0 Å². The number of anilines is 1. The van der Waals surface area contributed by atoms with E-state index in [1.807, 2.05) is 4.90 Å². The highest BCUT2D eigenvalue weighted by molar-refractivity contribution is 5.56. The number of rotatable bonds is 2. The van der Waals surface area contributed by atoms with E-state index in [0.29, 0.717) is 24.6 Å². The van der Waals surface area contributed by atoms with Crippen LogP contribution in [0.15, 0.2) is 18.2 Å². The Bertz CT molecular complexity index is 459. The van der Waals surface area contributed by atoms with Crippen molar-refractivity contribution < 1.29 is 18.3 Å². The Kier molecular flexibility index (Phi) is 4.58. The lowest BCUT2D eigenvalue weighted by Crippen LogP contribution is -2.27. The van der Waals surface area contributed by atoms with Crippen LogP contribution in [0.4, 0.5) is 18.9 Å². The summed E-state index contributed by atoms with van der Waals surface area (Å²) in [5.41, 5.74) is -0.105. The number of benzene rings is 1. The molecular weight excluding hydrogens is 267 g/mol. The van der Waals surface area contributed by atoms with E-state index in [4.69, 9.17) is 5.11 Å². The first-order valence-corrected chi connectivity index (χ1v) is 6.97. The summed E-state index contributed by atoms with van der Waals surface area (Å²) < 4.78 is 39.6. The monoisotopic (exact) mass is 287 g/mol. The van der Waals surface area contributed by atoms with Crippen molar-refractivity contribution >= 4 is 5.69 Å². The quantitative estimate of drug-likeness (QED) is 0.893. The molecule has 1 aromatic carbocycles. The highest BCUT2D eigenvalue weighted by Crippen LogP contribution is 2.38. The average molecular weight is 287 g/mol. The standard InChI is InChI=1S/C15H20F3NO/c1-11-3-2-7-19(8-6-11)14-5-4-12(10-20)9-13(14)15(16,17)18/h4-5,9,11,20H,2-3,6-8,10H2,1H3. The van der Waals surface area contributed by atoms with Gasteiger partial charge >= 0.3 is 6.18 Å². The fraction of sp³-hybridized carbons (Fsp3) is 0.600. The van der Waals surface area contributed by atoms with E-state index in [-0.39, 0.29) is 12.3 Å². The third-order valence-electron chi connectivity index (χ3n) is 3.91. The molecule has 112 valence electrons. The molecule has 1 heterocycles. The van der Waals surface area contributed by atoms with Crippen LogP contribution in [0.5, 0.6) is 0 Å². The van der Waals surface area contributed by atoms with E-state index < -0.39 is 11.7 Å². The van der Waals surface area contributed by atoms with Gasteiger partial charge in [0.25, 0.3) is 0 Å². The Labute approximate surface area is 117 Å². The van der Waals surface area contributed by atoms with Gasteiger partial charge in [-0.3, -0.25) is 0 Å². The topological polar surface area (TPSA) is 23.5 Å². The van der Waals surface area contributed by atoms with Gasteiger partial charge in [-0.25, -0.2) is 0 Å². The molecule has 1 aromatic rings. The fourth-order valence-electron chi connectivity index (χ4n) is 2.69. The lowest BCUT2D eigenvalue weighted by Gasteiger charge is -2.26. The molecule has 1 aliphatic heterocycles. The zero-order chi connectivity index (χ0) is 14.8. The lowest BCUT2D eigenvalue weighted by molar-refractivity contribution is -0.137. The van der Waals surface area contributed by atoms with Crippen LogP contribution in [-0.4, -0.2) is 18.2 Å². The van der Waals surface area contributed by atoms with Gasteiger partial charge in [0.2, 0.25) is 0 Å². The molecule has 2 rings (SSSR count). The maximum atomic E-state index is 13.2. The van der Waals surface area contributed by atoms with E-state index in [1.54, 1.807) is 6.07 Å². The van der Waals surface area contributed by atoms with Gasteiger partial charge in [0.05, 0.1) is 12.2 Å². The summed E-state index contributed by atoms with van der Waals surface area (Å²) in [5, 5.41) is 9.03. The average Bonchev–Trinajstić information content (AvgIpc) is 2.62. The lowest BCUT2D eigenvalue weighted by atomic mass is 10.0. The van der Waals surface area contributed by atoms with Crippen LogP contribution in [0.1, 0.15) is 37.3 Å². The molecule has 0 spiro atoms. The summed E-state index contributed by atoms with van der Waals surface area (Å²) in [6.45, 7) is 3.08. The van der Waals surface area contributed by atoms with Crippen molar-refractivity contribution in [3.63, 3.8) is 0 Å². The van der Waals surface area contributed by atoms with Gasteiger partial charge in [0.1, 0.15) is 0 Å². The summed E-state index contributed by atoms with van der Waals surface area (Å²) in [5.74, 6) is 0.561. The van der Waals surface area contributed by atoms with Crippen LogP contribution in [0.3, 0.4) is 0 Å². The highest BCUT2D eigenvalue weighted by Gasteiger charge is 2.35. The van der Waals surface area contributed by atoms with E-state index >= 15 is 0 Å². The third-order valence-corrected chi connectivity index (χ3v) is 3.91. The first-order chi connectivity index (χ1) is 9.41. The molecule has 1 aliphatic rings. The second kappa shape index (κ2) is 6.04. The molecule has 0 amide bonds. The van der Waals surface area contributed by atoms with Gasteiger partial charge in [-0.2, -0.15) is 13.2 Å². The maximum Gasteiger partial charge on any atom is 0.418 e. The van der Waals surface area contributed by atoms with Crippen LogP contribution in [-0.2, 0) is 12.8 Å². The maximum absolute atomic E-state index is 13.2. The minimum absolute atomic E-state index is 0.240. The Morgan fingerprint density at radius 2 is 2.00 bits per heavy atom. The van der Waals surface area contributed by atoms with E-state index in [2.05, 4.69) is 6.92 Å². The molecule has 0 aromatic heterocycles. The third kappa shape index (κ3) is 3.45. The molecule has 1 fully saturated rings. The fourth-order valence-corrected chi connectivity index (χ4v) is 2.69. The molecule has 1 unspecified atom stereocenters. The summed E-state index contributed by atoms with van der Waals surface area (Å²) in [6, 6.07) is 4.12. The van der Waals surface area contributed by atoms with Crippen molar-refractivity contribution in [1.29, 1.82) is 0 Å². The molecule has 5 heteroatoms. The van der Waals surface area contributed by atoms with Gasteiger partial charge in [-0.15, -0.1) is 0 Å². The van der Waals surface area contributed by atoms with Crippen LogP contribution >= 0.6 is 0 Å². The van der Waals surface area contributed by atoms with Crippen molar-refractivity contribution in [1.82, 2.24) is 0 Å². The Hall–Kier alpha value is -1.23. The van der Waals surface area contributed by atoms with Crippen molar-refractivity contribution in [2.24, 2.45) is 5.92 Å². The van der Waals surface area contributed by atoms with Crippen molar-refractivity contribution in [3.8, 4) is 0 Å². The first kappa shape index (κ1) is 15.2. The Balaban J connectivity index is 2.34. The molecule has 1 atom stereocenters. The van der Waals surface area contributed by atoms with E-state index in [1.165, 1.54) is 6.07 Å². The minimum atomic E-state index is -4.39. The van der Waals surface area contributed by atoms with Gasteiger partial charge in [0, 0.05) is 18.8 Å². The number of halogens is 3. The zero-order valence-corrected chi connectivity index (χ0v) is 11.6. The summed E-state index contributed by atoms with van der Waals surface area (Å²) in [7, 11) is 0. The van der Waals surface area contributed by atoms with E-state index in [9.17, 15) is 13.2 Å². The van der Waals surface area contributed by atoms with Crippen molar-refractivity contribution in [2.75, 3.05) is 18.0 Å². The van der Waals surface area contributed by atoms with Crippen LogP contribution in [0.2, 0.25) is 0 Å². The number of alkyl halides is 3. The molecule has 20 heavy (non-hydrogen) atoms. The predicted molar refractivity (Wildman–Crippen MR) is 72.6 cm³/mol. The van der Waals surface area contributed by atoms with Gasteiger partial charge in [-0.1, -0.05) is 13.0 Å². The smallest absolute Gasteiger partial charge is 0.392 e. The number of aliphatic hydroxyl groups excluding tert-OH is 1. The molecule has 1 N–H and O–H groups in total. The summed E-state index contributed by atoms with van der Waals surface area (Å²) in [4.78, 5) is 1.83. The van der Waals surface area contributed by atoms with Crippen molar-refractivity contribution in [2.45, 2.75) is 39.0 Å². The van der Waals surface area contributed by atoms with Crippen LogP contribution < -0.4 is 4.90 Å². The van der Waals surface area contributed by atoms with Gasteiger partial charge in [-0.05, 0) is 42.9 Å². The number of aliphatic hydroxyl groups is 1. The molecule has 0 radical (unpaired) electrons. The number of nitrogens with zero attached hydrogens (tertiary/aromatic N) is 1. The Morgan fingerprint density at radius 1 is 1.25 bits per heavy atom. The number of hydrogen-bond donors (Lipinski definition) is 1. The largest absolute Gasteiger partial charge is 0.418 e. The second-order valence-corrected chi connectivity index (χ2v) is 5.53. The molecule has 2 nitrogen and oxygen atoms in total. The zero-order valence-electron chi connectivity index (χ0n) is 11.6. The van der Waals surface area contributed by atoms with E-state index in [0.717, 1.165) is 25.3 Å². The van der Waals surface area contributed by atoms with Gasteiger partial charge < -0.3 is 10.0 Å². The highest BCUT2D eigenvalue weighted by atomic mass is 19.4. The normalized spacial score (nSPS) is 20.9. The molecule has 1 saturated heterocycles. The molecule has 0 aliphatic carbocycles. The van der Waals surface area contributed by atoms with Crippen molar-refractivity contribution in [3.05, 3.63) is 29.3 Å². The first-order valence-electron chi connectivity index (χ1n) is 6.97. The summed E-state index contributed by atoms with van der Waals surface area (Å²) >= 11 is 0. The molecular formula is C15H20F3NO. The second-order valence-electron chi connectivity index (χ2n) is 5.53.